The van der Waals surface area contributed by atoms with Crippen molar-refractivity contribution in [2.24, 2.45) is 0 Å². The Morgan fingerprint density at radius 3 is 2.63 bits per heavy atom. The quantitative estimate of drug-likeness (QED) is 0.787. The van der Waals surface area contributed by atoms with Crippen molar-refractivity contribution in [2.75, 3.05) is 0 Å². The minimum atomic E-state index is -0.959. The van der Waals surface area contributed by atoms with E-state index in [9.17, 15) is 4.79 Å². The van der Waals surface area contributed by atoms with E-state index in [-0.39, 0.29) is 5.56 Å². The number of rotatable bonds is 3. The van der Waals surface area contributed by atoms with Gasteiger partial charge in [0.25, 0.3) is 5.22 Å². The molecule has 0 aliphatic rings. The number of carboxylic acid groups (broad SMARTS) is 1. The molecule has 3 rings (SSSR count). The van der Waals surface area contributed by atoms with Gasteiger partial charge in [-0.2, -0.15) is 0 Å². The standard InChI is InChI=1S/C14H9NO3S/c16-13(17)9-5-1-4-8-12(9)19-14-15-10-6-2-3-7-11(10)18-14/h1-8H,(H,16,17). The third-order valence-electron chi connectivity index (χ3n) is 2.59. The number of oxazole rings is 1. The number of fused-ring (bicyclic) bond motifs is 1. The summed E-state index contributed by atoms with van der Waals surface area (Å²) in [6, 6.07) is 14.2. The largest absolute Gasteiger partial charge is 0.478 e. The number of nitrogens with zero attached hydrogens (tertiary/aromatic N) is 1. The van der Waals surface area contributed by atoms with E-state index < -0.39 is 5.97 Å². The summed E-state index contributed by atoms with van der Waals surface area (Å²) in [5.74, 6) is -0.959. The zero-order valence-electron chi connectivity index (χ0n) is 9.74. The van der Waals surface area contributed by atoms with Crippen molar-refractivity contribution in [3.8, 4) is 0 Å². The van der Waals surface area contributed by atoms with Crippen molar-refractivity contribution in [1.29, 1.82) is 0 Å². The summed E-state index contributed by atoms with van der Waals surface area (Å²) in [6.07, 6.45) is 0. The van der Waals surface area contributed by atoms with Crippen LogP contribution in [0.5, 0.6) is 0 Å². The highest BCUT2D eigenvalue weighted by Gasteiger charge is 2.13. The van der Waals surface area contributed by atoms with Crippen LogP contribution in [0.1, 0.15) is 10.4 Å². The lowest BCUT2D eigenvalue weighted by Crippen LogP contribution is -1.97. The molecule has 0 atom stereocenters. The first-order chi connectivity index (χ1) is 9.24. The lowest BCUT2D eigenvalue weighted by Gasteiger charge is -2.01. The number of aromatic carboxylic acids is 1. The molecular formula is C14H9NO3S. The molecule has 3 aromatic rings. The van der Waals surface area contributed by atoms with Crippen LogP contribution in [0.4, 0.5) is 0 Å². The predicted molar refractivity (Wildman–Crippen MR) is 71.5 cm³/mol. The Kier molecular flexibility index (Phi) is 2.97. The molecule has 0 unspecified atom stereocenters. The number of para-hydroxylation sites is 2. The molecule has 0 bridgehead atoms. The molecule has 0 amide bonds. The van der Waals surface area contributed by atoms with E-state index in [0.29, 0.717) is 15.7 Å². The van der Waals surface area contributed by atoms with Gasteiger partial charge in [-0.15, -0.1) is 0 Å². The van der Waals surface area contributed by atoms with Crippen LogP contribution in [0.15, 0.2) is 63.1 Å². The van der Waals surface area contributed by atoms with Crippen LogP contribution in [0, 0.1) is 0 Å². The second-order valence-electron chi connectivity index (χ2n) is 3.85. The molecular weight excluding hydrogens is 262 g/mol. The molecule has 94 valence electrons. The van der Waals surface area contributed by atoms with Gasteiger partial charge in [-0.05, 0) is 36.0 Å². The number of carbonyl (C=O) groups is 1. The molecule has 0 radical (unpaired) electrons. The molecule has 0 fully saturated rings. The summed E-state index contributed by atoms with van der Waals surface area (Å²) in [7, 11) is 0. The molecule has 0 aliphatic heterocycles. The Morgan fingerprint density at radius 2 is 1.84 bits per heavy atom. The predicted octanol–water partition coefficient (Wildman–Crippen LogP) is 3.68. The van der Waals surface area contributed by atoms with E-state index in [1.807, 2.05) is 24.3 Å². The molecule has 0 saturated heterocycles. The SMILES string of the molecule is O=C(O)c1ccccc1Sc1nc2ccccc2o1. The normalized spacial score (nSPS) is 10.7. The second kappa shape index (κ2) is 4.78. The van der Waals surface area contributed by atoms with Gasteiger partial charge in [0.1, 0.15) is 5.52 Å². The number of aromatic nitrogens is 1. The highest BCUT2D eigenvalue weighted by atomic mass is 32.2. The molecule has 19 heavy (non-hydrogen) atoms. The van der Waals surface area contributed by atoms with E-state index in [4.69, 9.17) is 9.52 Å². The van der Waals surface area contributed by atoms with Gasteiger partial charge in [0, 0.05) is 4.90 Å². The van der Waals surface area contributed by atoms with Crippen molar-refractivity contribution in [2.45, 2.75) is 10.1 Å². The Bertz CT molecular complexity index is 718. The Labute approximate surface area is 113 Å². The van der Waals surface area contributed by atoms with E-state index in [2.05, 4.69) is 4.98 Å². The highest BCUT2D eigenvalue weighted by Crippen LogP contribution is 2.31. The minimum Gasteiger partial charge on any atom is -0.478 e. The summed E-state index contributed by atoms with van der Waals surface area (Å²) in [5, 5.41) is 9.56. The fourth-order valence-corrected chi connectivity index (χ4v) is 2.60. The fourth-order valence-electron chi connectivity index (χ4n) is 1.72. The van der Waals surface area contributed by atoms with Gasteiger partial charge in [-0.3, -0.25) is 0 Å². The van der Waals surface area contributed by atoms with Crippen LogP contribution >= 0.6 is 11.8 Å². The second-order valence-corrected chi connectivity index (χ2v) is 4.84. The van der Waals surface area contributed by atoms with Gasteiger partial charge in [-0.25, -0.2) is 9.78 Å². The van der Waals surface area contributed by atoms with Gasteiger partial charge in [0.05, 0.1) is 5.56 Å². The summed E-state index contributed by atoms with van der Waals surface area (Å²) in [6.45, 7) is 0. The minimum absolute atomic E-state index is 0.245. The van der Waals surface area contributed by atoms with Crippen LogP contribution in [0.25, 0.3) is 11.1 Å². The molecule has 5 heteroatoms. The Hall–Kier alpha value is -2.27. The van der Waals surface area contributed by atoms with Crippen LogP contribution < -0.4 is 0 Å². The first-order valence-electron chi connectivity index (χ1n) is 5.60. The number of hydrogen-bond acceptors (Lipinski definition) is 4. The average Bonchev–Trinajstić information content (AvgIpc) is 2.81. The lowest BCUT2D eigenvalue weighted by atomic mass is 10.2. The molecule has 1 aromatic heterocycles. The van der Waals surface area contributed by atoms with E-state index in [1.54, 1.807) is 24.3 Å². The van der Waals surface area contributed by atoms with Crippen molar-refractivity contribution in [3.05, 3.63) is 54.1 Å². The first-order valence-corrected chi connectivity index (χ1v) is 6.41. The zero-order valence-corrected chi connectivity index (χ0v) is 10.6. The summed E-state index contributed by atoms with van der Waals surface area (Å²) < 4.78 is 5.57. The third-order valence-corrected chi connectivity index (χ3v) is 3.51. The number of hydrogen-bond donors (Lipinski definition) is 1. The fraction of sp³-hybridized carbons (Fsp3) is 0. The van der Waals surface area contributed by atoms with Gasteiger partial charge >= 0.3 is 5.97 Å². The molecule has 4 nitrogen and oxygen atoms in total. The molecule has 1 heterocycles. The first kappa shape index (κ1) is 11.8. The Morgan fingerprint density at radius 1 is 1.11 bits per heavy atom. The van der Waals surface area contributed by atoms with Crippen LogP contribution in [0.2, 0.25) is 0 Å². The topological polar surface area (TPSA) is 63.3 Å². The monoisotopic (exact) mass is 271 g/mol. The third kappa shape index (κ3) is 2.32. The van der Waals surface area contributed by atoms with Crippen molar-refractivity contribution >= 4 is 28.8 Å². The maximum Gasteiger partial charge on any atom is 0.336 e. The smallest absolute Gasteiger partial charge is 0.336 e. The maximum absolute atomic E-state index is 11.1. The zero-order chi connectivity index (χ0) is 13.2. The summed E-state index contributed by atoms with van der Waals surface area (Å²) in [5.41, 5.74) is 1.70. The van der Waals surface area contributed by atoms with Crippen LogP contribution in [-0.4, -0.2) is 16.1 Å². The Balaban J connectivity index is 1.99. The highest BCUT2D eigenvalue weighted by molar-refractivity contribution is 7.99. The van der Waals surface area contributed by atoms with E-state index in [1.165, 1.54) is 11.8 Å². The summed E-state index contributed by atoms with van der Waals surface area (Å²) in [4.78, 5) is 16.0. The van der Waals surface area contributed by atoms with Crippen LogP contribution in [-0.2, 0) is 0 Å². The van der Waals surface area contributed by atoms with E-state index in [0.717, 1.165) is 5.52 Å². The van der Waals surface area contributed by atoms with Gasteiger partial charge in [0.15, 0.2) is 5.58 Å². The number of benzene rings is 2. The number of carboxylic acids is 1. The van der Waals surface area contributed by atoms with Crippen molar-refractivity contribution in [3.63, 3.8) is 0 Å². The molecule has 2 aromatic carbocycles. The lowest BCUT2D eigenvalue weighted by molar-refractivity contribution is 0.0693. The summed E-state index contributed by atoms with van der Waals surface area (Å²) >= 11 is 1.21. The van der Waals surface area contributed by atoms with Gasteiger partial charge < -0.3 is 9.52 Å². The average molecular weight is 271 g/mol. The van der Waals surface area contributed by atoms with Gasteiger partial charge in [0.2, 0.25) is 0 Å². The molecule has 0 spiro atoms. The molecule has 0 aliphatic carbocycles. The van der Waals surface area contributed by atoms with E-state index >= 15 is 0 Å². The molecule has 1 N–H and O–H groups in total. The molecule has 0 saturated carbocycles. The van der Waals surface area contributed by atoms with Crippen molar-refractivity contribution in [1.82, 2.24) is 4.98 Å². The van der Waals surface area contributed by atoms with Crippen LogP contribution in [0.3, 0.4) is 0 Å². The van der Waals surface area contributed by atoms with Gasteiger partial charge in [-0.1, -0.05) is 24.3 Å². The maximum atomic E-state index is 11.1. The van der Waals surface area contributed by atoms with Crippen molar-refractivity contribution < 1.29 is 14.3 Å².